The van der Waals surface area contributed by atoms with Crippen LogP contribution >= 0.6 is 0 Å². The van der Waals surface area contributed by atoms with Crippen molar-refractivity contribution in [3.05, 3.63) is 35.4 Å². The van der Waals surface area contributed by atoms with E-state index < -0.39 is 0 Å². The summed E-state index contributed by atoms with van der Waals surface area (Å²) in [6.07, 6.45) is 4.24. The third-order valence-corrected chi connectivity index (χ3v) is 5.43. The second-order valence-corrected chi connectivity index (χ2v) is 7.78. The molecule has 1 aromatic rings. The molecule has 1 atom stereocenters. The summed E-state index contributed by atoms with van der Waals surface area (Å²) in [5.74, 6) is 0.713. The summed E-state index contributed by atoms with van der Waals surface area (Å²) in [5.41, 5.74) is 2.71. The number of benzene rings is 1. The summed E-state index contributed by atoms with van der Waals surface area (Å²) in [5, 5.41) is 3.26. The van der Waals surface area contributed by atoms with Gasteiger partial charge in [-0.25, -0.2) is 4.79 Å². The number of hydrogen-bond acceptors (Lipinski definition) is 2. The van der Waals surface area contributed by atoms with Crippen LogP contribution in [0.4, 0.5) is 4.79 Å². The van der Waals surface area contributed by atoms with Gasteiger partial charge in [-0.3, -0.25) is 0 Å². The van der Waals surface area contributed by atoms with Crippen molar-refractivity contribution in [1.29, 1.82) is 0 Å². The molecule has 1 aromatic carbocycles. The van der Waals surface area contributed by atoms with Crippen LogP contribution in [0.2, 0.25) is 0 Å². The van der Waals surface area contributed by atoms with Crippen molar-refractivity contribution in [2.45, 2.75) is 51.6 Å². The van der Waals surface area contributed by atoms with Crippen molar-refractivity contribution in [2.75, 3.05) is 26.7 Å². The average Bonchev–Trinajstić information content (AvgIpc) is 2.99. The molecule has 2 aliphatic rings. The van der Waals surface area contributed by atoms with E-state index in [1.165, 1.54) is 17.7 Å². The van der Waals surface area contributed by atoms with E-state index in [9.17, 15) is 4.79 Å². The van der Waals surface area contributed by atoms with Gasteiger partial charge in [0.15, 0.2) is 0 Å². The van der Waals surface area contributed by atoms with E-state index in [1.54, 1.807) is 0 Å². The molecule has 1 fully saturated rings. The normalized spacial score (nSPS) is 21.8. The van der Waals surface area contributed by atoms with Gasteiger partial charge < -0.3 is 15.1 Å². The molecule has 1 unspecified atom stereocenters. The van der Waals surface area contributed by atoms with Crippen LogP contribution < -0.4 is 5.32 Å². The van der Waals surface area contributed by atoms with Crippen LogP contribution in [0.5, 0.6) is 0 Å². The van der Waals surface area contributed by atoms with Gasteiger partial charge in [0.05, 0.1) is 6.04 Å². The van der Waals surface area contributed by atoms with Gasteiger partial charge >= 0.3 is 6.03 Å². The summed E-state index contributed by atoms with van der Waals surface area (Å²) >= 11 is 0. The molecular formula is C20H31N3O. The number of piperidine rings is 1. The third kappa shape index (κ3) is 3.92. The highest BCUT2D eigenvalue weighted by atomic mass is 16.2. The number of fused-ring (bicyclic) bond motifs is 1. The molecule has 1 aliphatic heterocycles. The SMILES string of the molecule is CC(C)CN1CCC(NC(=O)N(C)C2CCc3ccccc32)CC1. The lowest BCUT2D eigenvalue weighted by Crippen LogP contribution is -2.49. The number of likely N-dealkylation sites (tertiary alicyclic amines) is 1. The highest BCUT2D eigenvalue weighted by Crippen LogP contribution is 2.34. The molecule has 24 heavy (non-hydrogen) atoms. The number of aryl methyl sites for hydroxylation is 1. The molecule has 1 aliphatic carbocycles. The number of carbonyl (C=O) groups is 1. The van der Waals surface area contributed by atoms with Gasteiger partial charge in [-0.05, 0) is 42.7 Å². The van der Waals surface area contributed by atoms with Crippen LogP contribution in [0, 0.1) is 5.92 Å². The molecule has 4 heteroatoms. The maximum atomic E-state index is 12.7. The zero-order chi connectivity index (χ0) is 17.1. The van der Waals surface area contributed by atoms with E-state index in [0.29, 0.717) is 12.0 Å². The molecule has 0 aromatic heterocycles. The largest absolute Gasteiger partial charge is 0.335 e. The number of nitrogens with one attached hydrogen (secondary N) is 1. The summed E-state index contributed by atoms with van der Waals surface area (Å²) in [6.45, 7) is 7.89. The Hall–Kier alpha value is -1.55. The molecule has 1 N–H and O–H groups in total. The lowest BCUT2D eigenvalue weighted by Gasteiger charge is -2.35. The number of carbonyl (C=O) groups excluding carboxylic acids is 1. The second kappa shape index (κ2) is 7.56. The Morgan fingerprint density at radius 3 is 2.67 bits per heavy atom. The van der Waals surface area contributed by atoms with Crippen molar-refractivity contribution < 1.29 is 4.79 Å². The Morgan fingerprint density at radius 1 is 1.25 bits per heavy atom. The predicted octanol–water partition coefficient (Wildman–Crippen LogP) is 3.44. The van der Waals surface area contributed by atoms with Gasteiger partial charge in [-0.1, -0.05) is 38.1 Å². The molecule has 0 spiro atoms. The van der Waals surface area contributed by atoms with Gasteiger partial charge in [0.1, 0.15) is 0 Å². The van der Waals surface area contributed by atoms with Crippen LogP contribution in [0.1, 0.15) is 50.3 Å². The van der Waals surface area contributed by atoms with E-state index in [4.69, 9.17) is 0 Å². The van der Waals surface area contributed by atoms with Crippen molar-refractivity contribution in [1.82, 2.24) is 15.1 Å². The molecule has 0 bridgehead atoms. The molecule has 1 heterocycles. The number of amides is 2. The molecule has 3 rings (SSSR count). The highest BCUT2D eigenvalue weighted by Gasteiger charge is 2.30. The Morgan fingerprint density at radius 2 is 1.96 bits per heavy atom. The Kier molecular flexibility index (Phi) is 5.44. The van der Waals surface area contributed by atoms with Crippen LogP contribution in [-0.4, -0.2) is 48.6 Å². The van der Waals surface area contributed by atoms with Gasteiger partial charge in [-0.15, -0.1) is 0 Å². The first-order valence-corrected chi connectivity index (χ1v) is 9.38. The molecule has 1 saturated heterocycles. The maximum Gasteiger partial charge on any atom is 0.317 e. The van der Waals surface area contributed by atoms with Crippen LogP contribution in [-0.2, 0) is 6.42 Å². The van der Waals surface area contributed by atoms with Crippen molar-refractivity contribution in [3.63, 3.8) is 0 Å². The zero-order valence-corrected chi connectivity index (χ0v) is 15.3. The summed E-state index contributed by atoms with van der Waals surface area (Å²) in [4.78, 5) is 17.1. The lowest BCUT2D eigenvalue weighted by atomic mass is 10.0. The van der Waals surface area contributed by atoms with E-state index in [2.05, 4.69) is 48.3 Å². The number of nitrogens with zero attached hydrogens (tertiary/aromatic N) is 2. The smallest absolute Gasteiger partial charge is 0.317 e. The second-order valence-electron chi connectivity index (χ2n) is 7.78. The van der Waals surface area contributed by atoms with E-state index in [0.717, 1.165) is 38.8 Å². The van der Waals surface area contributed by atoms with Crippen molar-refractivity contribution in [3.8, 4) is 0 Å². The fraction of sp³-hybridized carbons (Fsp3) is 0.650. The Bertz CT molecular complexity index is 564. The van der Waals surface area contributed by atoms with E-state index >= 15 is 0 Å². The molecule has 4 nitrogen and oxygen atoms in total. The fourth-order valence-electron chi connectivity index (χ4n) is 4.13. The van der Waals surface area contributed by atoms with Crippen LogP contribution in [0.25, 0.3) is 0 Å². The molecular weight excluding hydrogens is 298 g/mol. The summed E-state index contributed by atoms with van der Waals surface area (Å²) < 4.78 is 0. The van der Waals surface area contributed by atoms with Crippen LogP contribution in [0.3, 0.4) is 0 Å². The number of rotatable bonds is 4. The first-order valence-electron chi connectivity index (χ1n) is 9.38. The average molecular weight is 329 g/mol. The van der Waals surface area contributed by atoms with Crippen LogP contribution in [0.15, 0.2) is 24.3 Å². The molecule has 2 amide bonds. The Labute approximate surface area is 146 Å². The Balaban J connectivity index is 1.51. The van der Waals surface area contributed by atoms with Gasteiger partial charge in [0, 0.05) is 32.7 Å². The molecule has 0 radical (unpaired) electrons. The third-order valence-electron chi connectivity index (χ3n) is 5.43. The van der Waals surface area contributed by atoms with Crippen molar-refractivity contribution >= 4 is 6.03 Å². The topological polar surface area (TPSA) is 35.6 Å². The standard InChI is InChI=1S/C20H31N3O/c1-15(2)14-23-12-10-17(11-13-23)21-20(24)22(3)19-9-8-16-6-4-5-7-18(16)19/h4-7,15,17,19H,8-14H2,1-3H3,(H,21,24). The zero-order valence-electron chi connectivity index (χ0n) is 15.3. The van der Waals surface area contributed by atoms with Gasteiger partial charge in [0.2, 0.25) is 0 Å². The molecule has 0 saturated carbocycles. The number of hydrogen-bond donors (Lipinski definition) is 1. The lowest BCUT2D eigenvalue weighted by molar-refractivity contribution is 0.160. The van der Waals surface area contributed by atoms with Gasteiger partial charge in [-0.2, -0.15) is 0 Å². The minimum atomic E-state index is 0.0824. The predicted molar refractivity (Wildman–Crippen MR) is 98.1 cm³/mol. The minimum Gasteiger partial charge on any atom is -0.335 e. The minimum absolute atomic E-state index is 0.0824. The number of urea groups is 1. The first-order chi connectivity index (χ1) is 11.5. The van der Waals surface area contributed by atoms with E-state index in [1.807, 2.05) is 11.9 Å². The summed E-state index contributed by atoms with van der Waals surface area (Å²) in [6, 6.07) is 9.15. The first kappa shape index (κ1) is 17.3. The summed E-state index contributed by atoms with van der Waals surface area (Å²) in [7, 11) is 1.94. The molecule has 132 valence electrons. The quantitative estimate of drug-likeness (QED) is 0.918. The highest BCUT2D eigenvalue weighted by molar-refractivity contribution is 5.75. The van der Waals surface area contributed by atoms with Gasteiger partial charge in [0.25, 0.3) is 0 Å². The fourth-order valence-corrected chi connectivity index (χ4v) is 4.13. The monoisotopic (exact) mass is 329 g/mol. The van der Waals surface area contributed by atoms with E-state index in [-0.39, 0.29) is 12.1 Å². The maximum absolute atomic E-state index is 12.7. The van der Waals surface area contributed by atoms with Crippen molar-refractivity contribution in [2.24, 2.45) is 5.92 Å².